The average Bonchev–Trinajstić information content (AvgIpc) is 2.49. The van der Waals surface area contributed by atoms with E-state index in [4.69, 9.17) is 5.73 Å². The summed E-state index contributed by atoms with van der Waals surface area (Å²) in [5.74, 6) is 0.517. The Bertz CT molecular complexity index is 528. The first kappa shape index (κ1) is 14.8. The smallest absolute Gasteiger partial charge is 0.00425 e. The van der Waals surface area contributed by atoms with E-state index >= 15 is 0 Å². The molecule has 2 rings (SSSR count). The van der Waals surface area contributed by atoms with Crippen LogP contribution >= 0.6 is 0 Å². The van der Waals surface area contributed by atoms with Crippen LogP contribution in [0.25, 0.3) is 0 Å². The predicted molar refractivity (Wildman–Crippen MR) is 87.0 cm³/mol. The molecule has 2 N–H and O–H groups in total. The molecule has 0 aliphatic carbocycles. The molecule has 0 fully saturated rings. The molecule has 106 valence electrons. The van der Waals surface area contributed by atoms with Crippen LogP contribution in [0.2, 0.25) is 0 Å². The number of nitrogens with two attached hydrogens (primary N) is 1. The van der Waals surface area contributed by atoms with E-state index in [1.165, 1.54) is 22.3 Å². The minimum atomic E-state index is 0.517. The largest absolute Gasteiger partial charge is 0.330 e. The first-order valence-corrected chi connectivity index (χ1v) is 7.55. The van der Waals surface area contributed by atoms with Gasteiger partial charge in [0.25, 0.3) is 0 Å². The van der Waals surface area contributed by atoms with Crippen molar-refractivity contribution in [1.29, 1.82) is 0 Å². The summed E-state index contributed by atoms with van der Waals surface area (Å²) < 4.78 is 0. The molecule has 0 heterocycles. The van der Waals surface area contributed by atoms with Gasteiger partial charge in [0.2, 0.25) is 0 Å². The minimum Gasteiger partial charge on any atom is -0.330 e. The van der Waals surface area contributed by atoms with Gasteiger partial charge in [-0.1, -0.05) is 55.5 Å². The number of rotatable bonds is 6. The summed E-state index contributed by atoms with van der Waals surface area (Å²) in [5.41, 5.74) is 11.6. The molecular weight excluding hydrogens is 242 g/mol. The summed E-state index contributed by atoms with van der Waals surface area (Å²) in [6.45, 7) is 5.11. The number of benzene rings is 2. The molecule has 0 bridgehead atoms. The number of aryl methyl sites for hydroxylation is 2. The molecule has 0 saturated heterocycles. The SMILES string of the molecule is CCc1ccc(CC(CN)Cc2ccccc2C)cc1. The zero-order chi connectivity index (χ0) is 14.4. The average molecular weight is 267 g/mol. The van der Waals surface area contributed by atoms with Gasteiger partial charge in [0.1, 0.15) is 0 Å². The number of hydrogen-bond acceptors (Lipinski definition) is 1. The first-order chi connectivity index (χ1) is 9.72. The molecular formula is C19H25N. The van der Waals surface area contributed by atoms with E-state index in [2.05, 4.69) is 62.4 Å². The quantitative estimate of drug-likeness (QED) is 0.843. The van der Waals surface area contributed by atoms with Gasteiger partial charge in [-0.25, -0.2) is 0 Å². The number of hydrogen-bond donors (Lipinski definition) is 1. The summed E-state index contributed by atoms with van der Waals surface area (Å²) in [6, 6.07) is 17.6. The Kier molecular flexibility index (Phi) is 5.37. The fourth-order valence-electron chi connectivity index (χ4n) is 2.63. The zero-order valence-corrected chi connectivity index (χ0v) is 12.6. The highest BCUT2D eigenvalue weighted by atomic mass is 14.5. The molecule has 0 aliphatic rings. The van der Waals surface area contributed by atoms with Gasteiger partial charge >= 0.3 is 0 Å². The van der Waals surface area contributed by atoms with Gasteiger partial charge < -0.3 is 5.73 Å². The molecule has 1 heteroatoms. The van der Waals surface area contributed by atoms with Crippen LogP contribution < -0.4 is 5.73 Å². The topological polar surface area (TPSA) is 26.0 Å². The van der Waals surface area contributed by atoms with Crippen LogP contribution in [-0.2, 0) is 19.3 Å². The molecule has 20 heavy (non-hydrogen) atoms. The molecule has 2 aromatic rings. The monoisotopic (exact) mass is 267 g/mol. The third-order valence-electron chi connectivity index (χ3n) is 4.06. The van der Waals surface area contributed by atoms with Crippen molar-refractivity contribution in [3.63, 3.8) is 0 Å². The third-order valence-corrected chi connectivity index (χ3v) is 4.06. The molecule has 0 aromatic heterocycles. The summed E-state index contributed by atoms with van der Waals surface area (Å²) in [7, 11) is 0. The highest BCUT2D eigenvalue weighted by molar-refractivity contribution is 5.27. The Morgan fingerprint density at radius 1 is 0.900 bits per heavy atom. The van der Waals surface area contributed by atoms with Gasteiger partial charge in [-0.15, -0.1) is 0 Å². The van der Waals surface area contributed by atoms with Crippen molar-refractivity contribution in [1.82, 2.24) is 0 Å². The molecule has 0 amide bonds. The van der Waals surface area contributed by atoms with Gasteiger partial charge in [-0.2, -0.15) is 0 Å². The van der Waals surface area contributed by atoms with Crippen LogP contribution in [0.15, 0.2) is 48.5 Å². The second-order valence-corrected chi connectivity index (χ2v) is 5.61. The van der Waals surface area contributed by atoms with E-state index in [0.717, 1.165) is 25.8 Å². The summed E-state index contributed by atoms with van der Waals surface area (Å²) in [4.78, 5) is 0. The van der Waals surface area contributed by atoms with Crippen LogP contribution in [0.1, 0.15) is 29.2 Å². The second-order valence-electron chi connectivity index (χ2n) is 5.61. The summed E-state index contributed by atoms with van der Waals surface area (Å²) in [5, 5.41) is 0. The van der Waals surface area contributed by atoms with Gasteiger partial charge in [-0.3, -0.25) is 0 Å². The lowest BCUT2D eigenvalue weighted by Gasteiger charge is -2.16. The van der Waals surface area contributed by atoms with Gasteiger partial charge in [0, 0.05) is 0 Å². The molecule has 1 atom stereocenters. The summed E-state index contributed by atoms with van der Waals surface area (Å²) in [6.07, 6.45) is 3.23. The van der Waals surface area contributed by atoms with Crippen LogP contribution in [0.3, 0.4) is 0 Å². The Morgan fingerprint density at radius 2 is 1.55 bits per heavy atom. The highest BCUT2D eigenvalue weighted by Gasteiger charge is 2.10. The predicted octanol–water partition coefficient (Wildman–Crippen LogP) is 3.92. The molecule has 2 aromatic carbocycles. The van der Waals surface area contributed by atoms with Crippen molar-refractivity contribution >= 4 is 0 Å². The lowest BCUT2D eigenvalue weighted by molar-refractivity contribution is 0.532. The van der Waals surface area contributed by atoms with Gasteiger partial charge in [0.05, 0.1) is 0 Å². The molecule has 1 unspecified atom stereocenters. The first-order valence-electron chi connectivity index (χ1n) is 7.55. The minimum absolute atomic E-state index is 0.517. The van der Waals surface area contributed by atoms with Crippen LogP contribution in [-0.4, -0.2) is 6.54 Å². The van der Waals surface area contributed by atoms with E-state index in [0.29, 0.717) is 5.92 Å². The lowest BCUT2D eigenvalue weighted by Crippen LogP contribution is -2.19. The van der Waals surface area contributed by atoms with E-state index in [1.54, 1.807) is 0 Å². The molecule has 0 radical (unpaired) electrons. The fraction of sp³-hybridized carbons (Fsp3) is 0.368. The molecule has 0 spiro atoms. The van der Waals surface area contributed by atoms with Crippen molar-refractivity contribution in [2.75, 3.05) is 6.54 Å². The Balaban J connectivity index is 2.03. The van der Waals surface area contributed by atoms with Crippen LogP contribution in [0.4, 0.5) is 0 Å². The van der Waals surface area contributed by atoms with Crippen LogP contribution in [0, 0.1) is 12.8 Å². The fourth-order valence-corrected chi connectivity index (χ4v) is 2.63. The van der Waals surface area contributed by atoms with Crippen molar-refractivity contribution in [3.8, 4) is 0 Å². The Labute approximate surface area is 122 Å². The van der Waals surface area contributed by atoms with Gasteiger partial charge in [0.15, 0.2) is 0 Å². The van der Waals surface area contributed by atoms with E-state index in [-0.39, 0.29) is 0 Å². The van der Waals surface area contributed by atoms with Gasteiger partial charge in [-0.05, 0) is 60.9 Å². The van der Waals surface area contributed by atoms with Crippen LogP contribution in [0.5, 0.6) is 0 Å². The maximum Gasteiger partial charge on any atom is -0.00425 e. The standard InChI is InChI=1S/C19H25N/c1-3-16-8-10-17(11-9-16)12-18(14-20)13-19-7-5-4-6-15(19)2/h4-11,18H,3,12-14,20H2,1-2H3. The normalized spacial score (nSPS) is 12.3. The zero-order valence-electron chi connectivity index (χ0n) is 12.6. The van der Waals surface area contributed by atoms with E-state index in [1.807, 2.05) is 0 Å². The van der Waals surface area contributed by atoms with Crippen molar-refractivity contribution in [2.24, 2.45) is 11.7 Å². The van der Waals surface area contributed by atoms with Crippen molar-refractivity contribution in [3.05, 3.63) is 70.8 Å². The van der Waals surface area contributed by atoms with E-state index in [9.17, 15) is 0 Å². The van der Waals surface area contributed by atoms with E-state index < -0.39 is 0 Å². The highest BCUT2D eigenvalue weighted by Crippen LogP contribution is 2.17. The molecule has 0 saturated carbocycles. The Hall–Kier alpha value is -1.60. The van der Waals surface area contributed by atoms with Crippen molar-refractivity contribution in [2.45, 2.75) is 33.1 Å². The third kappa shape index (κ3) is 3.94. The maximum atomic E-state index is 5.97. The maximum absolute atomic E-state index is 5.97. The lowest BCUT2D eigenvalue weighted by atomic mass is 9.90. The van der Waals surface area contributed by atoms with Crippen molar-refractivity contribution < 1.29 is 0 Å². The molecule has 0 aliphatic heterocycles. The second kappa shape index (κ2) is 7.25. The Morgan fingerprint density at radius 3 is 2.15 bits per heavy atom. The molecule has 1 nitrogen and oxygen atoms in total. The summed E-state index contributed by atoms with van der Waals surface area (Å²) >= 11 is 0.